The second-order valence-corrected chi connectivity index (χ2v) is 9.48. The van der Waals surface area contributed by atoms with Gasteiger partial charge in [-0.15, -0.1) is 0 Å². The normalized spacial score (nSPS) is 24.0. The molecule has 0 radical (unpaired) electrons. The molecular weight excluding hydrogens is 448 g/mol. The van der Waals surface area contributed by atoms with Gasteiger partial charge in [-0.1, -0.05) is 54.6 Å². The molecule has 0 spiro atoms. The molecule has 5 rings (SSSR count). The van der Waals surface area contributed by atoms with Crippen LogP contribution in [0.3, 0.4) is 0 Å². The molecule has 4 atom stereocenters. The Bertz CT molecular complexity index is 1090. The number of carbonyl (C=O) groups is 1. The van der Waals surface area contributed by atoms with E-state index in [9.17, 15) is 13.6 Å². The summed E-state index contributed by atoms with van der Waals surface area (Å²) < 4.78 is 39.8. The second-order valence-electron chi connectivity index (χ2n) is 9.48. The van der Waals surface area contributed by atoms with Gasteiger partial charge in [0.2, 0.25) is 0 Å². The van der Waals surface area contributed by atoms with Crippen molar-refractivity contribution < 1.29 is 23.0 Å². The zero-order valence-corrected chi connectivity index (χ0v) is 19.6. The summed E-state index contributed by atoms with van der Waals surface area (Å²) in [5.74, 6) is -1.41. The number of piperidine rings is 1. The summed E-state index contributed by atoms with van der Waals surface area (Å²) in [5, 5.41) is 0. The van der Waals surface area contributed by atoms with Gasteiger partial charge in [-0.2, -0.15) is 0 Å². The number of benzene rings is 3. The number of carbonyl (C=O) groups excluding carboxylic acids is 1. The Kier molecular flexibility index (Phi) is 6.93. The smallest absolute Gasteiger partial charge is 0.313 e. The quantitative estimate of drug-likeness (QED) is 0.412. The fourth-order valence-corrected chi connectivity index (χ4v) is 5.49. The summed E-state index contributed by atoms with van der Waals surface area (Å²) in [6, 6.07) is 22.2. The van der Waals surface area contributed by atoms with Crippen molar-refractivity contribution in [2.24, 2.45) is 5.92 Å². The van der Waals surface area contributed by atoms with Crippen LogP contribution in [-0.4, -0.2) is 36.1 Å². The summed E-state index contributed by atoms with van der Waals surface area (Å²) >= 11 is 0. The molecule has 0 aromatic heterocycles. The third kappa shape index (κ3) is 5.14. The third-order valence-electron chi connectivity index (χ3n) is 7.37. The highest BCUT2D eigenvalue weighted by Gasteiger charge is 2.50. The van der Waals surface area contributed by atoms with Crippen LogP contribution in [0.15, 0.2) is 78.9 Å². The van der Waals surface area contributed by atoms with Crippen LogP contribution < -0.4 is 0 Å². The molecule has 2 saturated heterocycles. The van der Waals surface area contributed by atoms with Gasteiger partial charge in [0.25, 0.3) is 0 Å². The molecule has 0 saturated carbocycles. The lowest BCUT2D eigenvalue weighted by Crippen LogP contribution is -2.53. The Morgan fingerprint density at radius 1 is 0.914 bits per heavy atom. The van der Waals surface area contributed by atoms with E-state index in [-0.39, 0.29) is 36.4 Å². The lowest BCUT2D eigenvalue weighted by molar-refractivity contribution is -0.166. The molecule has 0 amide bonds. The number of nitrogens with zero attached hydrogens (tertiary/aromatic N) is 1. The molecule has 35 heavy (non-hydrogen) atoms. The Morgan fingerprint density at radius 3 is 2.11 bits per heavy atom. The largest absolute Gasteiger partial charge is 0.460 e. The fourth-order valence-electron chi connectivity index (χ4n) is 5.49. The predicted octanol–water partition coefficient (Wildman–Crippen LogP) is 5.67. The minimum atomic E-state index is -0.562. The molecular formula is C29H29F2NO3. The maximum atomic E-state index is 13.7. The molecule has 3 aromatic carbocycles. The van der Waals surface area contributed by atoms with Crippen LogP contribution in [0.1, 0.15) is 42.1 Å². The van der Waals surface area contributed by atoms with Gasteiger partial charge in [0.1, 0.15) is 24.3 Å². The SMILES string of the molecule is CN1C2CCC1[C@H](C(=O)OCc1ccccc1)[C@@H](OC(c1ccc(F)cc1)c1ccc(F)cc1)C2. The predicted molar refractivity (Wildman–Crippen MR) is 128 cm³/mol. The van der Waals surface area contributed by atoms with E-state index in [0.717, 1.165) is 29.5 Å². The van der Waals surface area contributed by atoms with E-state index < -0.39 is 12.0 Å². The van der Waals surface area contributed by atoms with E-state index in [0.29, 0.717) is 12.5 Å². The first-order valence-corrected chi connectivity index (χ1v) is 12.1. The Balaban J connectivity index is 1.42. The van der Waals surface area contributed by atoms with Crippen molar-refractivity contribution in [3.8, 4) is 0 Å². The lowest BCUT2D eigenvalue weighted by Gasteiger charge is -2.42. The monoisotopic (exact) mass is 477 g/mol. The molecule has 2 aliphatic rings. The van der Waals surface area contributed by atoms with Crippen LogP contribution in [0.2, 0.25) is 0 Å². The average Bonchev–Trinajstić information content (AvgIpc) is 3.10. The molecule has 3 aromatic rings. The van der Waals surface area contributed by atoms with Crippen molar-refractivity contribution in [3.63, 3.8) is 0 Å². The van der Waals surface area contributed by atoms with Gasteiger partial charge in [-0.3, -0.25) is 9.69 Å². The van der Waals surface area contributed by atoms with Crippen LogP contribution in [0.25, 0.3) is 0 Å². The van der Waals surface area contributed by atoms with Gasteiger partial charge in [0.05, 0.1) is 12.0 Å². The second kappa shape index (κ2) is 10.3. The van der Waals surface area contributed by atoms with Crippen molar-refractivity contribution in [1.82, 2.24) is 4.90 Å². The Hall–Kier alpha value is -3.09. The van der Waals surface area contributed by atoms with Crippen molar-refractivity contribution in [2.75, 3.05) is 7.05 Å². The first kappa shape index (κ1) is 23.6. The summed E-state index contributed by atoms with van der Waals surface area (Å²) in [7, 11) is 2.06. The number of halogens is 2. The van der Waals surface area contributed by atoms with Crippen LogP contribution in [0, 0.1) is 17.6 Å². The lowest BCUT2D eigenvalue weighted by atomic mass is 9.87. The van der Waals surface area contributed by atoms with E-state index in [4.69, 9.17) is 9.47 Å². The molecule has 182 valence electrons. The number of hydrogen-bond acceptors (Lipinski definition) is 4. The molecule has 0 aliphatic carbocycles. The standard InChI is InChI=1S/C29H29F2NO3/c1-32-24-15-16-25(32)27(29(33)34-18-19-5-3-2-4-6-19)26(17-24)35-28(20-7-11-22(30)12-8-20)21-9-13-23(31)14-10-21/h2-14,24-28H,15-18H2,1H3/t24?,25?,26-,27-/m0/s1. The summed E-state index contributed by atoms with van der Waals surface area (Å²) in [5.41, 5.74) is 2.43. The molecule has 0 N–H and O–H groups in total. The molecule has 2 bridgehead atoms. The molecule has 2 fully saturated rings. The summed E-state index contributed by atoms with van der Waals surface area (Å²) in [6.07, 6.45) is 1.66. The van der Waals surface area contributed by atoms with Crippen molar-refractivity contribution in [1.29, 1.82) is 0 Å². The van der Waals surface area contributed by atoms with Crippen molar-refractivity contribution in [3.05, 3.63) is 107 Å². The van der Waals surface area contributed by atoms with E-state index in [1.54, 1.807) is 24.3 Å². The van der Waals surface area contributed by atoms with Crippen LogP contribution >= 0.6 is 0 Å². The minimum Gasteiger partial charge on any atom is -0.460 e. The highest BCUT2D eigenvalue weighted by atomic mass is 19.1. The highest BCUT2D eigenvalue weighted by molar-refractivity contribution is 5.74. The van der Waals surface area contributed by atoms with Crippen LogP contribution in [0.4, 0.5) is 8.78 Å². The molecule has 2 heterocycles. The van der Waals surface area contributed by atoms with E-state index in [1.807, 2.05) is 30.3 Å². The molecule has 2 aliphatic heterocycles. The molecule has 6 heteroatoms. The first-order valence-electron chi connectivity index (χ1n) is 12.1. The minimum absolute atomic E-state index is 0.0316. The highest BCUT2D eigenvalue weighted by Crippen LogP contribution is 2.42. The molecule has 2 unspecified atom stereocenters. The first-order chi connectivity index (χ1) is 17.0. The molecule has 4 nitrogen and oxygen atoms in total. The Morgan fingerprint density at radius 2 is 1.51 bits per heavy atom. The number of ether oxygens (including phenoxy) is 2. The Labute approximate surface area is 204 Å². The third-order valence-corrected chi connectivity index (χ3v) is 7.37. The van der Waals surface area contributed by atoms with Crippen molar-refractivity contribution >= 4 is 5.97 Å². The van der Waals surface area contributed by atoms with Gasteiger partial charge in [-0.05, 0) is 67.3 Å². The van der Waals surface area contributed by atoms with Crippen LogP contribution in [0.5, 0.6) is 0 Å². The maximum absolute atomic E-state index is 13.7. The number of esters is 1. The van der Waals surface area contributed by atoms with Crippen molar-refractivity contribution in [2.45, 2.75) is 50.2 Å². The topological polar surface area (TPSA) is 38.8 Å². The summed E-state index contributed by atoms with van der Waals surface area (Å²) in [6.45, 7) is 0.210. The van der Waals surface area contributed by atoms with E-state index in [1.165, 1.54) is 24.3 Å². The van der Waals surface area contributed by atoms with Gasteiger partial charge in [0, 0.05) is 12.1 Å². The fraction of sp³-hybridized carbons (Fsp3) is 0.345. The summed E-state index contributed by atoms with van der Waals surface area (Å²) in [4.78, 5) is 15.7. The van der Waals surface area contributed by atoms with Crippen LogP contribution in [-0.2, 0) is 20.9 Å². The van der Waals surface area contributed by atoms with E-state index in [2.05, 4.69) is 11.9 Å². The van der Waals surface area contributed by atoms with Gasteiger partial charge in [-0.25, -0.2) is 8.78 Å². The van der Waals surface area contributed by atoms with Gasteiger partial charge >= 0.3 is 5.97 Å². The zero-order valence-electron chi connectivity index (χ0n) is 19.6. The van der Waals surface area contributed by atoms with Gasteiger partial charge in [0.15, 0.2) is 0 Å². The number of rotatable bonds is 7. The zero-order chi connectivity index (χ0) is 24.4. The number of hydrogen-bond donors (Lipinski definition) is 0. The average molecular weight is 478 g/mol. The van der Waals surface area contributed by atoms with E-state index >= 15 is 0 Å². The number of fused-ring (bicyclic) bond motifs is 2. The van der Waals surface area contributed by atoms with Gasteiger partial charge < -0.3 is 9.47 Å². The maximum Gasteiger partial charge on any atom is 0.313 e.